The molecule has 2 amide bonds. The number of para-hydroxylation sites is 1. The summed E-state index contributed by atoms with van der Waals surface area (Å²) >= 11 is 0. The molecular formula is C18H17FN2O2. The van der Waals surface area contributed by atoms with Gasteiger partial charge in [-0.1, -0.05) is 18.2 Å². The molecule has 23 heavy (non-hydrogen) atoms. The predicted octanol–water partition coefficient (Wildman–Crippen LogP) is 2.70. The quantitative estimate of drug-likeness (QED) is 0.855. The lowest BCUT2D eigenvalue weighted by atomic mass is 10.1. The van der Waals surface area contributed by atoms with Crippen LogP contribution in [0.25, 0.3) is 0 Å². The molecule has 1 aliphatic rings. The summed E-state index contributed by atoms with van der Waals surface area (Å²) in [5.41, 5.74) is 1.22. The lowest BCUT2D eigenvalue weighted by Crippen LogP contribution is -2.57. The van der Waals surface area contributed by atoms with Gasteiger partial charge in [-0.25, -0.2) is 4.39 Å². The Morgan fingerprint density at radius 1 is 1.04 bits per heavy atom. The van der Waals surface area contributed by atoms with Gasteiger partial charge in [-0.2, -0.15) is 0 Å². The SMILES string of the molecule is C[C@@H]1C(=O)N(c2ccccc2)CCN1C(=O)c1ccc(F)cc1. The van der Waals surface area contributed by atoms with Crippen LogP contribution in [0.4, 0.5) is 10.1 Å². The minimum absolute atomic E-state index is 0.113. The van der Waals surface area contributed by atoms with Gasteiger partial charge in [0.15, 0.2) is 0 Å². The van der Waals surface area contributed by atoms with Crippen LogP contribution in [0.3, 0.4) is 0 Å². The number of carbonyl (C=O) groups excluding carboxylic acids is 2. The molecule has 3 rings (SSSR count). The van der Waals surface area contributed by atoms with Gasteiger partial charge in [0, 0.05) is 24.3 Å². The summed E-state index contributed by atoms with van der Waals surface area (Å²) in [6.07, 6.45) is 0. The van der Waals surface area contributed by atoms with E-state index in [0.29, 0.717) is 18.7 Å². The van der Waals surface area contributed by atoms with Gasteiger partial charge in [0.05, 0.1) is 0 Å². The van der Waals surface area contributed by atoms with E-state index < -0.39 is 6.04 Å². The van der Waals surface area contributed by atoms with E-state index in [1.54, 1.807) is 11.8 Å². The first-order chi connectivity index (χ1) is 11.1. The molecule has 2 aromatic rings. The topological polar surface area (TPSA) is 40.6 Å². The van der Waals surface area contributed by atoms with E-state index in [1.165, 1.54) is 29.2 Å². The Bertz CT molecular complexity index is 716. The number of hydrogen-bond acceptors (Lipinski definition) is 2. The van der Waals surface area contributed by atoms with Gasteiger partial charge in [-0.3, -0.25) is 9.59 Å². The smallest absolute Gasteiger partial charge is 0.254 e. The van der Waals surface area contributed by atoms with Crippen molar-refractivity contribution in [2.24, 2.45) is 0 Å². The number of hydrogen-bond donors (Lipinski definition) is 0. The first-order valence-corrected chi connectivity index (χ1v) is 7.51. The van der Waals surface area contributed by atoms with Crippen molar-refractivity contribution in [1.29, 1.82) is 0 Å². The number of halogens is 1. The Morgan fingerprint density at radius 3 is 2.35 bits per heavy atom. The second-order valence-corrected chi connectivity index (χ2v) is 5.51. The van der Waals surface area contributed by atoms with E-state index in [0.717, 1.165) is 5.69 Å². The van der Waals surface area contributed by atoms with Crippen molar-refractivity contribution in [1.82, 2.24) is 4.90 Å². The van der Waals surface area contributed by atoms with E-state index in [9.17, 15) is 14.0 Å². The molecule has 5 heteroatoms. The second-order valence-electron chi connectivity index (χ2n) is 5.51. The average molecular weight is 312 g/mol. The monoisotopic (exact) mass is 312 g/mol. The molecule has 2 aromatic carbocycles. The molecule has 1 atom stereocenters. The average Bonchev–Trinajstić information content (AvgIpc) is 2.58. The zero-order chi connectivity index (χ0) is 16.4. The Labute approximate surface area is 134 Å². The van der Waals surface area contributed by atoms with Crippen LogP contribution in [0.1, 0.15) is 17.3 Å². The molecule has 1 saturated heterocycles. The minimum Gasteiger partial charge on any atom is -0.325 e. The molecule has 0 aromatic heterocycles. The van der Waals surface area contributed by atoms with Crippen LogP contribution in [0.2, 0.25) is 0 Å². The normalized spacial score (nSPS) is 18.2. The maximum atomic E-state index is 13.0. The molecule has 0 N–H and O–H groups in total. The molecule has 118 valence electrons. The number of piperazine rings is 1. The molecule has 0 saturated carbocycles. The highest BCUT2D eigenvalue weighted by Crippen LogP contribution is 2.21. The van der Waals surface area contributed by atoms with Gasteiger partial charge in [0.25, 0.3) is 5.91 Å². The van der Waals surface area contributed by atoms with Crippen LogP contribution in [0, 0.1) is 5.82 Å². The van der Waals surface area contributed by atoms with Crippen molar-refractivity contribution in [2.75, 3.05) is 18.0 Å². The molecular weight excluding hydrogens is 295 g/mol. The van der Waals surface area contributed by atoms with Gasteiger partial charge in [-0.15, -0.1) is 0 Å². The highest BCUT2D eigenvalue weighted by molar-refractivity contribution is 6.03. The maximum Gasteiger partial charge on any atom is 0.254 e. The van der Waals surface area contributed by atoms with E-state index in [-0.39, 0.29) is 17.6 Å². The van der Waals surface area contributed by atoms with Gasteiger partial charge >= 0.3 is 0 Å². The third-order valence-corrected chi connectivity index (χ3v) is 4.08. The van der Waals surface area contributed by atoms with Crippen LogP contribution in [0.15, 0.2) is 54.6 Å². The fraction of sp³-hybridized carbons (Fsp3) is 0.222. The molecule has 0 aliphatic carbocycles. The van der Waals surface area contributed by atoms with Gasteiger partial charge in [0.2, 0.25) is 5.91 Å². The van der Waals surface area contributed by atoms with Crippen molar-refractivity contribution < 1.29 is 14.0 Å². The maximum absolute atomic E-state index is 13.0. The summed E-state index contributed by atoms with van der Waals surface area (Å²) in [5.74, 6) is -0.754. The minimum atomic E-state index is -0.554. The number of rotatable bonds is 2. The molecule has 0 spiro atoms. The second kappa shape index (κ2) is 6.20. The summed E-state index contributed by atoms with van der Waals surface area (Å²) in [6, 6.07) is 14.2. The predicted molar refractivity (Wildman–Crippen MR) is 85.7 cm³/mol. The number of anilines is 1. The van der Waals surface area contributed by atoms with Crippen molar-refractivity contribution >= 4 is 17.5 Å². The van der Waals surface area contributed by atoms with E-state index >= 15 is 0 Å². The first kappa shape index (κ1) is 15.2. The van der Waals surface area contributed by atoms with Crippen LogP contribution in [0.5, 0.6) is 0 Å². The fourth-order valence-corrected chi connectivity index (χ4v) is 2.77. The van der Waals surface area contributed by atoms with E-state index in [1.807, 2.05) is 30.3 Å². The zero-order valence-electron chi connectivity index (χ0n) is 12.8. The Morgan fingerprint density at radius 2 is 1.70 bits per heavy atom. The molecule has 0 bridgehead atoms. The number of carbonyl (C=O) groups is 2. The third kappa shape index (κ3) is 2.95. The molecule has 1 fully saturated rings. The van der Waals surface area contributed by atoms with Crippen LogP contribution in [-0.4, -0.2) is 35.8 Å². The van der Waals surface area contributed by atoms with Crippen LogP contribution < -0.4 is 4.90 Å². The third-order valence-electron chi connectivity index (χ3n) is 4.08. The van der Waals surface area contributed by atoms with Crippen molar-refractivity contribution in [2.45, 2.75) is 13.0 Å². The van der Waals surface area contributed by atoms with Crippen molar-refractivity contribution in [3.05, 3.63) is 66.0 Å². The number of amides is 2. The van der Waals surface area contributed by atoms with Crippen LogP contribution in [-0.2, 0) is 4.79 Å². The Kier molecular flexibility index (Phi) is 4.10. The molecule has 1 heterocycles. The molecule has 0 radical (unpaired) electrons. The summed E-state index contributed by atoms with van der Waals surface area (Å²) in [7, 11) is 0. The lowest BCUT2D eigenvalue weighted by molar-refractivity contribution is -0.124. The Hall–Kier alpha value is -2.69. The first-order valence-electron chi connectivity index (χ1n) is 7.51. The van der Waals surface area contributed by atoms with Crippen LogP contribution >= 0.6 is 0 Å². The zero-order valence-corrected chi connectivity index (χ0v) is 12.8. The molecule has 1 aliphatic heterocycles. The van der Waals surface area contributed by atoms with E-state index in [4.69, 9.17) is 0 Å². The molecule has 0 unspecified atom stereocenters. The summed E-state index contributed by atoms with van der Waals surface area (Å²) < 4.78 is 13.0. The highest BCUT2D eigenvalue weighted by Gasteiger charge is 2.35. The van der Waals surface area contributed by atoms with Gasteiger partial charge in [0.1, 0.15) is 11.9 Å². The summed E-state index contributed by atoms with van der Waals surface area (Å²) in [4.78, 5) is 28.4. The summed E-state index contributed by atoms with van der Waals surface area (Å²) in [5, 5.41) is 0. The lowest BCUT2D eigenvalue weighted by Gasteiger charge is -2.39. The van der Waals surface area contributed by atoms with Crippen molar-refractivity contribution in [3.8, 4) is 0 Å². The highest BCUT2D eigenvalue weighted by atomic mass is 19.1. The fourth-order valence-electron chi connectivity index (χ4n) is 2.77. The van der Waals surface area contributed by atoms with Gasteiger partial charge in [-0.05, 0) is 43.3 Å². The Balaban J connectivity index is 1.78. The standard InChI is InChI=1S/C18H17FN2O2/c1-13-17(22)21(16-5-3-2-4-6-16)12-11-20(13)18(23)14-7-9-15(19)10-8-14/h2-10,13H,11-12H2,1H3/t13-/m1/s1. The summed E-state index contributed by atoms with van der Waals surface area (Å²) in [6.45, 7) is 2.61. The van der Waals surface area contributed by atoms with E-state index in [2.05, 4.69) is 0 Å². The largest absolute Gasteiger partial charge is 0.325 e. The molecule has 4 nitrogen and oxygen atoms in total. The van der Waals surface area contributed by atoms with Crippen molar-refractivity contribution in [3.63, 3.8) is 0 Å². The number of nitrogens with zero attached hydrogens (tertiary/aromatic N) is 2. The number of benzene rings is 2. The van der Waals surface area contributed by atoms with Gasteiger partial charge < -0.3 is 9.80 Å².